The van der Waals surface area contributed by atoms with Crippen LogP contribution < -0.4 is 0 Å². The van der Waals surface area contributed by atoms with Crippen molar-refractivity contribution in [1.29, 1.82) is 0 Å². The van der Waals surface area contributed by atoms with E-state index in [9.17, 15) is 0 Å². The molecule has 0 atom stereocenters. The van der Waals surface area contributed by atoms with E-state index in [2.05, 4.69) is 80.6 Å². The molecule has 1 aliphatic rings. The largest absolute Gasteiger partial charge is 0.236 e. The summed E-state index contributed by atoms with van der Waals surface area (Å²) >= 11 is 6.26. The fraction of sp³-hybridized carbons (Fsp3) is 0.115. The van der Waals surface area contributed by atoms with Gasteiger partial charge in [-0.15, -0.1) is 0 Å². The Kier molecular flexibility index (Phi) is 3.07. The zero-order valence-corrected chi connectivity index (χ0v) is 16.5. The average Bonchev–Trinajstić information content (AvgIpc) is 2.93. The molecule has 0 saturated heterocycles. The van der Waals surface area contributed by atoms with E-state index >= 15 is 0 Å². The first kappa shape index (κ1) is 16.1. The number of aromatic nitrogens is 1. The highest BCUT2D eigenvalue weighted by Gasteiger charge is 2.37. The Bertz CT molecular complexity index is 1450. The predicted octanol–water partition coefficient (Wildman–Crippen LogP) is 7.50. The van der Waals surface area contributed by atoms with Crippen LogP contribution in [0.5, 0.6) is 0 Å². The SMILES string of the molecule is CC1(C)c2cc3c4ccccc4c4ccccc4c3cc2-c2nc(Cl)ccc21. The van der Waals surface area contributed by atoms with Crippen molar-refractivity contribution in [1.82, 2.24) is 4.98 Å². The van der Waals surface area contributed by atoms with Crippen molar-refractivity contribution in [2.45, 2.75) is 19.3 Å². The van der Waals surface area contributed by atoms with E-state index in [1.807, 2.05) is 6.07 Å². The molecular formula is C26H18ClN. The molecule has 1 nitrogen and oxygen atoms in total. The zero-order valence-electron chi connectivity index (χ0n) is 15.8. The maximum atomic E-state index is 6.26. The summed E-state index contributed by atoms with van der Waals surface area (Å²) in [5.74, 6) is 0. The van der Waals surface area contributed by atoms with Crippen LogP contribution in [0.4, 0.5) is 0 Å². The standard InChI is InChI=1S/C26H18ClN/c1-26(2)22-11-12-24(27)28-25(22)21-13-19-17-9-5-3-7-15(17)16-8-4-6-10-18(16)20(19)14-23(21)26/h3-14H,1-2H3. The maximum Gasteiger partial charge on any atom is 0.129 e. The summed E-state index contributed by atoms with van der Waals surface area (Å²) in [6.45, 7) is 4.56. The first-order valence-electron chi connectivity index (χ1n) is 9.61. The normalized spacial score (nSPS) is 14.5. The van der Waals surface area contributed by atoms with Gasteiger partial charge in [0.25, 0.3) is 0 Å². The van der Waals surface area contributed by atoms with Crippen molar-refractivity contribution in [3.8, 4) is 11.3 Å². The molecule has 0 radical (unpaired) electrons. The topological polar surface area (TPSA) is 12.9 Å². The van der Waals surface area contributed by atoms with Gasteiger partial charge in [0, 0.05) is 11.0 Å². The Morgan fingerprint density at radius 2 is 1.18 bits per heavy atom. The van der Waals surface area contributed by atoms with E-state index in [1.54, 1.807) is 0 Å². The van der Waals surface area contributed by atoms with Crippen molar-refractivity contribution in [3.63, 3.8) is 0 Å². The molecule has 6 rings (SSSR count). The minimum Gasteiger partial charge on any atom is -0.236 e. The molecule has 134 valence electrons. The Labute approximate surface area is 168 Å². The van der Waals surface area contributed by atoms with Crippen LogP contribution >= 0.6 is 11.6 Å². The van der Waals surface area contributed by atoms with Crippen LogP contribution in [-0.2, 0) is 5.41 Å². The summed E-state index contributed by atoms with van der Waals surface area (Å²) in [5.41, 5.74) is 4.70. The average molecular weight is 380 g/mol. The summed E-state index contributed by atoms with van der Waals surface area (Å²) < 4.78 is 0. The Balaban J connectivity index is 1.86. The molecule has 0 unspecified atom stereocenters. The van der Waals surface area contributed by atoms with Gasteiger partial charge in [-0.25, -0.2) is 4.98 Å². The van der Waals surface area contributed by atoms with Crippen LogP contribution in [0.2, 0.25) is 5.15 Å². The van der Waals surface area contributed by atoms with Crippen LogP contribution in [0.25, 0.3) is 43.6 Å². The summed E-state index contributed by atoms with van der Waals surface area (Å²) in [6, 6.07) is 26.1. The molecule has 1 aromatic heterocycles. The molecule has 28 heavy (non-hydrogen) atoms. The van der Waals surface area contributed by atoms with Gasteiger partial charge >= 0.3 is 0 Å². The molecular weight excluding hydrogens is 362 g/mol. The van der Waals surface area contributed by atoms with Crippen LogP contribution in [0, 0.1) is 0 Å². The zero-order chi connectivity index (χ0) is 19.0. The number of hydrogen-bond donors (Lipinski definition) is 0. The molecule has 0 bridgehead atoms. The number of benzene rings is 4. The Morgan fingerprint density at radius 1 is 0.643 bits per heavy atom. The fourth-order valence-corrected chi connectivity index (χ4v) is 5.10. The van der Waals surface area contributed by atoms with Gasteiger partial charge in [-0.1, -0.05) is 80.0 Å². The first-order chi connectivity index (χ1) is 13.6. The molecule has 0 spiro atoms. The Hall–Kier alpha value is -2.90. The lowest BCUT2D eigenvalue weighted by atomic mass is 9.81. The van der Waals surface area contributed by atoms with Crippen LogP contribution in [0.15, 0.2) is 72.8 Å². The summed E-state index contributed by atoms with van der Waals surface area (Å²) in [7, 11) is 0. The van der Waals surface area contributed by atoms with Crippen molar-refractivity contribution >= 4 is 43.9 Å². The van der Waals surface area contributed by atoms with Crippen LogP contribution in [0.1, 0.15) is 25.0 Å². The fourth-order valence-electron chi connectivity index (χ4n) is 4.95. The number of halogens is 1. The van der Waals surface area contributed by atoms with E-state index in [1.165, 1.54) is 49.0 Å². The third-order valence-corrected chi connectivity index (χ3v) is 6.56. The number of rotatable bonds is 0. The molecule has 0 amide bonds. The number of nitrogens with zero attached hydrogens (tertiary/aromatic N) is 1. The third-order valence-electron chi connectivity index (χ3n) is 6.35. The molecule has 0 aliphatic heterocycles. The second-order valence-corrected chi connectivity index (χ2v) is 8.58. The molecule has 2 heteroatoms. The second-order valence-electron chi connectivity index (χ2n) is 8.19. The van der Waals surface area contributed by atoms with E-state index in [0.29, 0.717) is 5.15 Å². The van der Waals surface area contributed by atoms with Gasteiger partial charge in [0.15, 0.2) is 0 Å². The number of pyridine rings is 1. The van der Waals surface area contributed by atoms with Crippen LogP contribution in [0.3, 0.4) is 0 Å². The minimum atomic E-state index is -0.0941. The monoisotopic (exact) mass is 379 g/mol. The van der Waals surface area contributed by atoms with Gasteiger partial charge in [0.2, 0.25) is 0 Å². The van der Waals surface area contributed by atoms with Gasteiger partial charge < -0.3 is 0 Å². The first-order valence-corrected chi connectivity index (χ1v) is 9.98. The highest BCUT2D eigenvalue weighted by atomic mass is 35.5. The second kappa shape index (κ2) is 5.33. The van der Waals surface area contributed by atoms with Gasteiger partial charge in [-0.3, -0.25) is 0 Å². The number of fused-ring (bicyclic) bond motifs is 9. The molecule has 5 aromatic rings. The van der Waals surface area contributed by atoms with Gasteiger partial charge in [0.05, 0.1) is 5.69 Å². The smallest absolute Gasteiger partial charge is 0.129 e. The van der Waals surface area contributed by atoms with Crippen LogP contribution in [-0.4, -0.2) is 4.98 Å². The molecule has 4 aromatic carbocycles. The molecule has 1 aliphatic carbocycles. The molecule has 0 N–H and O–H groups in total. The van der Waals surface area contributed by atoms with Gasteiger partial charge in [-0.2, -0.15) is 0 Å². The lowest BCUT2D eigenvalue weighted by Gasteiger charge is -2.22. The van der Waals surface area contributed by atoms with Crippen molar-refractivity contribution < 1.29 is 0 Å². The highest BCUT2D eigenvalue weighted by Crippen LogP contribution is 2.50. The third kappa shape index (κ3) is 1.95. The molecule has 0 fully saturated rings. The van der Waals surface area contributed by atoms with E-state index in [4.69, 9.17) is 16.6 Å². The Morgan fingerprint density at radius 3 is 1.79 bits per heavy atom. The van der Waals surface area contributed by atoms with Gasteiger partial charge in [0.1, 0.15) is 5.15 Å². The molecule has 1 heterocycles. The lowest BCUT2D eigenvalue weighted by Crippen LogP contribution is -2.15. The summed E-state index contributed by atoms with van der Waals surface area (Å²) in [4.78, 5) is 4.71. The summed E-state index contributed by atoms with van der Waals surface area (Å²) in [6.07, 6.45) is 0. The van der Waals surface area contributed by atoms with Gasteiger partial charge in [-0.05, 0) is 61.6 Å². The summed E-state index contributed by atoms with van der Waals surface area (Å²) in [5, 5.41) is 8.32. The van der Waals surface area contributed by atoms with E-state index < -0.39 is 0 Å². The maximum absolute atomic E-state index is 6.26. The van der Waals surface area contributed by atoms with E-state index in [-0.39, 0.29) is 5.41 Å². The minimum absolute atomic E-state index is 0.0941. The highest BCUT2D eigenvalue weighted by molar-refractivity contribution is 6.29. The van der Waals surface area contributed by atoms with Crippen molar-refractivity contribution in [2.75, 3.05) is 0 Å². The predicted molar refractivity (Wildman–Crippen MR) is 119 cm³/mol. The van der Waals surface area contributed by atoms with Crippen molar-refractivity contribution in [2.24, 2.45) is 0 Å². The lowest BCUT2D eigenvalue weighted by molar-refractivity contribution is 0.660. The van der Waals surface area contributed by atoms with Crippen molar-refractivity contribution in [3.05, 3.63) is 89.1 Å². The molecule has 0 saturated carbocycles. The van der Waals surface area contributed by atoms with E-state index in [0.717, 1.165) is 5.69 Å². The quantitative estimate of drug-likeness (QED) is 0.200. The number of hydrogen-bond acceptors (Lipinski definition) is 1.